The van der Waals surface area contributed by atoms with Crippen LogP contribution in [0.4, 0.5) is 0 Å². The molecule has 0 aliphatic rings. The van der Waals surface area contributed by atoms with Crippen molar-refractivity contribution < 1.29 is 35.5 Å². The minimum Gasteiger partial charge on any atom is -0.502 e. The van der Waals surface area contributed by atoms with Gasteiger partial charge in [-0.1, -0.05) is 0 Å². The van der Waals surface area contributed by atoms with Crippen molar-refractivity contribution in [2.45, 2.75) is 0 Å². The van der Waals surface area contributed by atoms with Crippen LogP contribution in [-0.4, -0.2) is 68.4 Å². The zero-order valence-electron chi connectivity index (χ0n) is 17.0. The highest BCUT2D eigenvalue weighted by Crippen LogP contribution is 2.10. The molecule has 0 unspecified atom stereocenters. The first-order chi connectivity index (χ1) is 13.7. The molecule has 172 valence electrons. The van der Waals surface area contributed by atoms with E-state index in [1.807, 2.05) is 0 Å². The van der Waals surface area contributed by atoms with Crippen molar-refractivity contribution in [3.8, 4) is 11.5 Å². The minimum atomic E-state index is -0.674. The average molecular weight is 442 g/mol. The number of nitrogens with one attached hydrogen (secondary N) is 2. The fourth-order valence-corrected chi connectivity index (χ4v) is 2.36. The zero-order chi connectivity index (χ0) is 21.6. The van der Waals surface area contributed by atoms with Gasteiger partial charge in [0.15, 0.2) is 11.5 Å². The molecule has 2 aromatic heterocycles. The number of rotatable bonds is 8. The van der Waals surface area contributed by atoms with E-state index in [1.165, 1.54) is 38.6 Å². The first kappa shape index (κ1) is 27.3. The van der Waals surface area contributed by atoms with Crippen molar-refractivity contribution in [1.82, 2.24) is 19.8 Å². The topological polar surface area (TPSA) is 215 Å². The smallest absolute Gasteiger partial charge is 0.293 e. The van der Waals surface area contributed by atoms with Crippen LogP contribution in [0.5, 0.6) is 11.5 Å². The minimum absolute atomic E-state index is 0. The van der Waals surface area contributed by atoms with Gasteiger partial charge < -0.3 is 45.7 Å². The molecule has 0 saturated carbocycles. The maximum Gasteiger partial charge on any atom is 0.293 e. The van der Waals surface area contributed by atoms with Crippen LogP contribution in [0.25, 0.3) is 0 Å². The third kappa shape index (κ3) is 6.67. The highest BCUT2D eigenvalue weighted by molar-refractivity contribution is 5.97. The van der Waals surface area contributed by atoms with E-state index in [2.05, 4.69) is 10.6 Å². The lowest BCUT2D eigenvalue weighted by Gasteiger charge is -2.09. The van der Waals surface area contributed by atoms with Crippen LogP contribution in [0.1, 0.15) is 20.7 Å². The molecule has 2 aromatic rings. The van der Waals surface area contributed by atoms with E-state index in [0.717, 1.165) is 9.13 Å². The first-order valence-electron chi connectivity index (χ1n) is 8.65. The zero-order valence-corrected chi connectivity index (χ0v) is 17.0. The van der Waals surface area contributed by atoms with Crippen molar-refractivity contribution in [2.24, 2.45) is 14.1 Å². The van der Waals surface area contributed by atoms with Gasteiger partial charge in [0.2, 0.25) is 0 Å². The van der Waals surface area contributed by atoms with E-state index < -0.39 is 34.4 Å². The Morgan fingerprint density at radius 1 is 0.839 bits per heavy atom. The maximum atomic E-state index is 12.0. The molecule has 0 saturated heterocycles. The van der Waals surface area contributed by atoms with Gasteiger partial charge in [-0.3, -0.25) is 19.2 Å². The van der Waals surface area contributed by atoms with Gasteiger partial charge in [-0.05, 0) is 12.1 Å². The molecule has 0 radical (unpaired) electrons. The average Bonchev–Trinajstić information content (AvgIpc) is 2.69. The van der Waals surface area contributed by atoms with Crippen LogP contribution in [-0.2, 0) is 18.8 Å². The maximum absolute atomic E-state index is 12.0. The fourth-order valence-electron chi connectivity index (χ4n) is 2.36. The van der Waals surface area contributed by atoms with E-state index in [4.69, 9.17) is 4.74 Å². The lowest BCUT2D eigenvalue weighted by molar-refractivity contribution is 0.0890. The van der Waals surface area contributed by atoms with E-state index in [-0.39, 0.29) is 48.4 Å². The summed E-state index contributed by atoms with van der Waals surface area (Å²) in [7, 11) is 2.91. The molecule has 2 rings (SSSR count). The highest BCUT2D eigenvalue weighted by Gasteiger charge is 2.15. The number of carbonyl (C=O) groups is 2. The lowest BCUT2D eigenvalue weighted by Crippen LogP contribution is -2.31. The second kappa shape index (κ2) is 12.1. The standard InChI is InChI=1S/C18H22N4O7.2H2O/c1-21-7-3-11(13(23)17(21)27)15(25)19-5-9-29-10-6-20-16(26)12-4-8-22(2)18(28)14(12)24;;/h3-4,7-8,23-24H,5-6,9-10H2,1-2H3,(H,19,25)(H,20,26);2*1H2. The Balaban J connectivity index is 0.00000450. The molecule has 0 aromatic carbocycles. The number of amides is 2. The molecule has 8 N–H and O–H groups in total. The molecular weight excluding hydrogens is 416 g/mol. The van der Waals surface area contributed by atoms with Crippen molar-refractivity contribution in [3.05, 3.63) is 56.4 Å². The number of nitrogens with zero attached hydrogens (tertiary/aromatic N) is 2. The number of aromatic nitrogens is 2. The Morgan fingerprint density at radius 3 is 1.55 bits per heavy atom. The monoisotopic (exact) mass is 442 g/mol. The summed E-state index contributed by atoms with van der Waals surface area (Å²) in [6.07, 6.45) is 2.74. The predicted molar refractivity (Wildman–Crippen MR) is 109 cm³/mol. The summed E-state index contributed by atoms with van der Waals surface area (Å²) in [5.41, 5.74) is -1.61. The van der Waals surface area contributed by atoms with E-state index in [0.29, 0.717) is 0 Å². The summed E-state index contributed by atoms with van der Waals surface area (Å²) >= 11 is 0. The van der Waals surface area contributed by atoms with Gasteiger partial charge in [-0.15, -0.1) is 0 Å². The van der Waals surface area contributed by atoms with Crippen molar-refractivity contribution in [3.63, 3.8) is 0 Å². The van der Waals surface area contributed by atoms with Crippen LogP contribution in [0.15, 0.2) is 34.1 Å². The van der Waals surface area contributed by atoms with E-state index >= 15 is 0 Å². The first-order valence-corrected chi connectivity index (χ1v) is 8.65. The Morgan fingerprint density at radius 2 is 1.19 bits per heavy atom. The number of carbonyl (C=O) groups excluding carboxylic acids is 2. The number of pyridine rings is 2. The summed E-state index contributed by atoms with van der Waals surface area (Å²) in [4.78, 5) is 47.1. The number of aryl methyl sites for hydroxylation is 2. The van der Waals surface area contributed by atoms with Crippen molar-refractivity contribution in [1.29, 1.82) is 0 Å². The molecule has 2 heterocycles. The van der Waals surface area contributed by atoms with Crippen LogP contribution in [0, 0.1) is 0 Å². The Kier molecular flexibility index (Phi) is 10.7. The number of hydrogen-bond donors (Lipinski definition) is 4. The summed E-state index contributed by atoms with van der Waals surface area (Å²) in [5.74, 6) is -2.48. The molecule has 13 heteroatoms. The van der Waals surface area contributed by atoms with Gasteiger partial charge >= 0.3 is 0 Å². The molecular formula is C18H26N4O9. The van der Waals surface area contributed by atoms with Gasteiger partial charge in [-0.25, -0.2) is 0 Å². The molecule has 0 fully saturated rings. The van der Waals surface area contributed by atoms with Gasteiger partial charge in [-0.2, -0.15) is 0 Å². The quantitative estimate of drug-likeness (QED) is 0.311. The van der Waals surface area contributed by atoms with Crippen LogP contribution in [0.3, 0.4) is 0 Å². The van der Waals surface area contributed by atoms with Gasteiger partial charge in [0.25, 0.3) is 22.9 Å². The summed E-state index contributed by atoms with van der Waals surface area (Å²) in [6.45, 7) is 0.503. The van der Waals surface area contributed by atoms with Gasteiger partial charge in [0.1, 0.15) is 0 Å². The van der Waals surface area contributed by atoms with Crippen LogP contribution in [0.2, 0.25) is 0 Å². The molecule has 2 amide bonds. The third-order valence-corrected chi connectivity index (χ3v) is 4.04. The highest BCUT2D eigenvalue weighted by atomic mass is 16.5. The fraction of sp³-hybridized carbons (Fsp3) is 0.333. The summed E-state index contributed by atoms with van der Waals surface area (Å²) < 4.78 is 7.56. The lowest BCUT2D eigenvalue weighted by atomic mass is 10.2. The predicted octanol–water partition coefficient (Wildman–Crippen LogP) is -2.98. The molecule has 0 aliphatic carbocycles. The Hall–Kier alpha value is -3.68. The molecule has 13 nitrogen and oxygen atoms in total. The van der Waals surface area contributed by atoms with Crippen molar-refractivity contribution >= 4 is 11.8 Å². The van der Waals surface area contributed by atoms with Crippen molar-refractivity contribution in [2.75, 3.05) is 26.3 Å². The SMILES string of the molecule is Cn1ccc(C(=O)NCCOCCNC(=O)c2ccn(C)c(=O)c2O)c(O)c1=O.O.O. The number of hydrogen-bond acceptors (Lipinski definition) is 7. The normalized spacial score (nSPS) is 9.87. The third-order valence-electron chi connectivity index (χ3n) is 4.04. The molecule has 0 bridgehead atoms. The van der Waals surface area contributed by atoms with Crippen LogP contribution >= 0.6 is 0 Å². The number of aromatic hydroxyl groups is 2. The summed E-state index contributed by atoms with van der Waals surface area (Å²) in [5, 5.41) is 24.4. The van der Waals surface area contributed by atoms with E-state index in [9.17, 15) is 29.4 Å². The van der Waals surface area contributed by atoms with Gasteiger partial charge in [0.05, 0.1) is 24.3 Å². The van der Waals surface area contributed by atoms with Crippen LogP contribution < -0.4 is 21.8 Å². The second-order valence-corrected chi connectivity index (χ2v) is 6.11. The Labute approximate surface area is 176 Å². The number of ether oxygens (including phenoxy) is 1. The summed E-state index contributed by atoms with van der Waals surface area (Å²) in [6, 6.07) is 2.66. The molecule has 0 aliphatic heterocycles. The van der Waals surface area contributed by atoms with E-state index in [1.54, 1.807) is 0 Å². The molecule has 31 heavy (non-hydrogen) atoms. The molecule has 0 spiro atoms. The largest absolute Gasteiger partial charge is 0.502 e. The van der Waals surface area contributed by atoms with Gasteiger partial charge in [0, 0.05) is 39.6 Å². The Bertz CT molecular complexity index is 948. The molecule has 0 atom stereocenters. The second-order valence-electron chi connectivity index (χ2n) is 6.11.